The highest BCUT2D eigenvalue weighted by atomic mass is 15.2. The van der Waals surface area contributed by atoms with Crippen LogP contribution >= 0.6 is 0 Å². The number of guanidine groups is 1. The summed E-state index contributed by atoms with van der Waals surface area (Å²) in [6, 6.07) is 6.72. The molecule has 0 bridgehead atoms. The number of nitrogens with one attached hydrogen (secondary N) is 2. The second-order valence-electron chi connectivity index (χ2n) is 4.90. The molecule has 4 heteroatoms. The molecule has 0 radical (unpaired) electrons. The molecule has 0 unspecified atom stereocenters. The highest BCUT2D eigenvalue weighted by Gasteiger charge is 2.02. The Bertz CT molecular complexity index is 345. The fourth-order valence-electron chi connectivity index (χ4n) is 1.51. The van der Waals surface area contributed by atoms with E-state index in [0.29, 0.717) is 12.1 Å². The topological polar surface area (TPSA) is 49.3 Å². The molecule has 0 atom stereocenters. The molecule has 0 spiro atoms. The molecule has 100 valence electrons. The standard InChI is InChI=1S/C14H24N4/c1-11(2)17-14(18-12(3)4)16-10-8-13-7-5-6-9-15-13/h5-7,9,11-12H,8,10H2,1-4H3,(H2,16,17,18). The van der Waals surface area contributed by atoms with E-state index in [1.54, 1.807) is 0 Å². The van der Waals surface area contributed by atoms with Crippen molar-refractivity contribution in [1.82, 2.24) is 15.6 Å². The third kappa shape index (κ3) is 6.23. The third-order valence-corrected chi connectivity index (χ3v) is 2.21. The van der Waals surface area contributed by atoms with Gasteiger partial charge in [0.05, 0.1) is 0 Å². The van der Waals surface area contributed by atoms with Gasteiger partial charge in [0.1, 0.15) is 0 Å². The number of aromatic nitrogens is 1. The maximum atomic E-state index is 4.55. The van der Waals surface area contributed by atoms with E-state index >= 15 is 0 Å². The van der Waals surface area contributed by atoms with Gasteiger partial charge in [0.15, 0.2) is 5.96 Å². The highest BCUT2D eigenvalue weighted by molar-refractivity contribution is 5.80. The van der Waals surface area contributed by atoms with Crippen molar-refractivity contribution >= 4 is 5.96 Å². The molecular weight excluding hydrogens is 224 g/mol. The minimum absolute atomic E-state index is 0.379. The number of nitrogens with zero attached hydrogens (tertiary/aromatic N) is 2. The van der Waals surface area contributed by atoms with Gasteiger partial charge in [-0.25, -0.2) is 0 Å². The lowest BCUT2D eigenvalue weighted by molar-refractivity contribution is 0.655. The Hall–Kier alpha value is -1.58. The first kappa shape index (κ1) is 14.5. The Morgan fingerprint density at radius 1 is 1.17 bits per heavy atom. The van der Waals surface area contributed by atoms with E-state index in [0.717, 1.165) is 24.6 Å². The summed E-state index contributed by atoms with van der Waals surface area (Å²) in [5.74, 6) is 0.871. The molecule has 0 aliphatic rings. The van der Waals surface area contributed by atoms with Crippen LogP contribution in [-0.4, -0.2) is 29.6 Å². The van der Waals surface area contributed by atoms with Gasteiger partial charge in [0.25, 0.3) is 0 Å². The molecule has 0 saturated carbocycles. The van der Waals surface area contributed by atoms with E-state index in [1.165, 1.54) is 0 Å². The fourth-order valence-corrected chi connectivity index (χ4v) is 1.51. The second-order valence-corrected chi connectivity index (χ2v) is 4.90. The van der Waals surface area contributed by atoms with Crippen molar-refractivity contribution in [2.24, 2.45) is 4.99 Å². The number of hydrogen-bond donors (Lipinski definition) is 2. The molecule has 0 aliphatic carbocycles. The second kappa shape index (κ2) is 7.69. The van der Waals surface area contributed by atoms with Crippen molar-refractivity contribution in [2.75, 3.05) is 6.54 Å². The largest absolute Gasteiger partial charge is 0.354 e. The van der Waals surface area contributed by atoms with Crippen LogP contribution in [0.3, 0.4) is 0 Å². The van der Waals surface area contributed by atoms with Crippen LogP contribution in [-0.2, 0) is 6.42 Å². The Kier molecular flexibility index (Phi) is 6.19. The van der Waals surface area contributed by atoms with Gasteiger partial charge >= 0.3 is 0 Å². The first-order valence-electron chi connectivity index (χ1n) is 6.55. The van der Waals surface area contributed by atoms with E-state index in [9.17, 15) is 0 Å². The normalized spacial score (nSPS) is 10.6. The van der Waals surface area contributed by atoms with Crippen molar-refractivity contribution in [2.45, 2.75) is 46.2 Å². The van der Waals surface area contributed by atoms with E-state index in [1.807, 2.05) is 24.4 Å². The molecular formula is C14H24N4. The smallest absolute Gasteiger partial charge is 0.191 e. The summed E-state index contributed by atoms with van der Waals surface area (Å²) < 4.78 is 0. The van der Waals surface area contributed by atoms with Crippen molar-refractivity contribution in [1.29, 1.82) is 0 Å². The Morgan fingerprint density at radius 3 is 2.33 bits per heavy atom. The summed E-state index contributed by atoms with van der Waals surface area (Å²) in [4.78, 5) is 8.84. The van der Waals surface area contributed by atoms with Gasteiger partial charge in [-0.2, -0.15) is 0 Å². The van der Waals surface area contributed by atoms with Crippen molar-refractivity contribution in [3.63, 3.8) is 0 Å². The minimum Gasteiger partial charge on any atom is -0.354 e. The SMILES string of the molecule is CC(C)NC(=NCCc1ccccn1)NC(C)C. The average Bonchev–Trinajstić information content (AvgIpc) is 2.28. The van der Waals surface area contributed by atoms with E-state index < -0.39 is 0 Å². The number of rotatable bonds is 5. The zero-order valence-electron chi connectivity index (χ0n) is 11.8. The van der Waals surface area contributed by atoms with Crippen LogP contribution in [0.1, 0.15) is 33.4 Å². The molecule has 2 N–H and O–H groups in total. The summed E-state index contributed by atoms with van der Waals surface area (Å²) in [5, 5.41) is 6.63. The van der Waals surface area contributed by atoms with Crippen molar-refractivity contribution < 1.29 is 0 Å². The Morgan fingerprint density at radius 2 is 1.83 bits per heavy atom. The molecule has 1 rings (SSSR count). The lowest BCUT2D eigenvalue weighted by Crippen LogP contribution is -2.44. The summed E-state index contributed by atoms with van der Waals surface area (Å²) in [6.45, 7) is 9.17. The van der Waals surface area contributed by atoms with Crippen LogP contribution in [0.25, 0.3) is 0 Å². The van der Waals surface area contributed by atoms with Crippen molar-refractivity contribution in [3.05, 3.63) is 30.1 Å². The molecule has 1 aromatic heterocycles. The molecule has 0 fully saturated rings. The number of hydrogen-bond acceptors (Lipinski definition) is 2. The maximum absolute atomic E-state index is 4.55. The zero-order chi connectivity index (χ0) is 13.4. The molecule has 1 aromatic rings. The third-order valence-electron chi connectivity index (χ3n) is 2.21. The monoisotopic (exact) mass is 248 g/mol. The van der Waals surface area contributed by atoms with Gasteiger partial charge < -0.3 is 10.6 Å². The first-order valence-corrected chi connectivity index (χ1v) is 6.55. The van der Waals surface area contributed by atoms with E-state index in [4.69, 9.17) is 0 Å². The number of pyridine rings is 1. The lowest BCUT2D eigenvalue weighted by Gasteiger charge is -2.17. The van der Waals surface area contributed by atoms with Gasteiger partial charge in [-0.3, -0.25) is 9.98 Å². The van der Waals surface area contributed by atoms with Crippen LogP contribution in [0.4, 0.5) is 0 Å². The fraction of sp³-hybridized carbons (Fsp3) is 0.571. The Balaban J connectivity index is 2.49. The summed E-state index contributed by atoms with van der Waals surface area (Å²) in [5.41, 5.74) is 1.08. The van der Waals surface area contributed by atoms with Crippen LogP contribution in [0.5, 0.6) is 0 Å². The predicted molar refractivity (Wildman–Crippen MR) is 76.8 cm³/mol. The van der Waals surface area contributed by atoms with Crippen LogP contribution in [0.15, 0.2) is 29.4 Å². The van der Waals surface area contributed by atoms with Crippen molar-refractivity contribution in [3.8, 4) is 0 Å². The van der Waals surface area contributed by atoms with Crippen LogP contribution < -0.4 is 10.6 Å². The summed E-state index contributed by atoms with van der Waals surface area (Å²) in [6.07, 6.45) is 2.68. The maximum Gasteiger partial charge on any atom is 0.191 e. The van der Waals surface area contributed by atoms with Gasteiger partial charge in [-0.05, 0) is 39.8 Å². The summed E-state index contributed by atoms with van der Waals surface area (Å²) >= 11 is 0. The van der Waals surface area contributed by atoms with Gasteiger partial charge in [-0.1, -0.05) is 6.07 Å². The van der Waals surface area contributed by atoms with Crippen LogP contribution in [0, 0.1) is 0 Å². The van der Waals surface area contributed by atoms with E-state index in [-0.39, 0.29) is 0 Å². The van der Waals surface area contributed by atoms with Gasteiger partial charge in [0, 0.05) is 36.9 Å². The summed E-state index contributed by atoms with van der Waals surface area (Å²) in [7, 11) is 0. The van der Waals surface area contributed by atoms with Gasteiger partial charge in [-0.15, -0.1) is 0 Å². The lowest BCUT2D eigenvalue weighted by atomic mass is 10.3. The zero-order valence-corrected chi connectivity index (χ0v) is 11.8. The highest BCUT2D eigenvalue weighted by Crippen LogP contribution is 1.95. The average molecular weight is 248 g/mol. The van der Waals surface area contributed by atoms with Gasteiger partial charge in [0.2, 0.25) is 0 Å². The first-order chi connectivity index (χ1) is 8.58. The molecule has 4 nitrogen and oxygen atoms in total. The minimum atomic E-state index is 0.379. The molecule has 0 aromatic carbocycles. The quantitative estimate of drug-likeness (QED) is 0.619. The van der Waals surface area contributed by atoms with E-state index in [2.05, 4.69) is 48.3 Å². The molecule has 18 heavy (non-hydrogen) atoms. The Labute approximate surface area is 110 Å². The molecule has 1 heterocycles. The molecule has 0 aliphatic heterocycles. The molecule has 0 saturated heterocycles. The molecule has 0 amide bonds. The predicted octanol–water partition coefficient (Wildman–Crippen LogP) is 1.98. The number of aliphatic imine (C=N–C) groups is 1. The van der Waals surface area contributed by atoms with Crippen LogP contribution in [0.2, 0.25) is 0 Å².